The second-order valence-electron chi connectivity index (χ2n) is 5.48. The highest BCUT2D eigenvalue weighted by Crippen LogP contribution is 2.29. The number of rotatable bonds is 4. The van der Waals surface area contributed by atoms with Crippen LogP contribution >= 0.6 is 11.6 Å². The lowest BCUT2D eigenvalue weighted by atomic mass is 9.78. The number of aryl methyl sites for hydroxylation is 2. The van der Waals surface area contributed by atoms with Gasteiger partial charge in [0.05, 0.1) is 28.4 Å². The Morgan fingerprint density at radius 2 is 2.05 bits per heavy atom. The van der Waals surface area contributed by atoms with Gasteiger partial charge in [-0.15, -0.1) is 0 Å². The Kier molecular flexibility index (Phi) is 4.31. The number of halogens is 1. The van der Waals surface area contributed by atoms with Crippen molar-refractivity contribution < 1.29 is 4.79 Å². The fraction of sp³-hybridized carbons (Fsp3) is 0.714. The summed E-state index contributed by atoms with van der Waals surface area (Å²) in [5, 5.41) is 4.95. The zero-order chi connectivity index (χ0) is 14.0. The molecule has 0 aromatic carbocycles. The zero-order valence-corrected chi connectivity index (χ0v) is 12.5. The molecule has 0 radical (unpaired) electrons. The predicted molar refractivity (Wildman–Crippen MR) is 76.4 cm³/mol. The van der Waals surface area contributed by atoms with E-state index in [4.69, 9.17) is 17.3 Å². The van der Waals surface area contributed by atoms with E-state index >= 15 is 0 Å². The van der Waals surface area contributed by atoms with Gasteiger partial charge in [-0.25, -0.2) is 0 Å². The molecular formula is C14H22ClN3O. The summed E-state index contributed by atoms with van der Waals surface area (Å²) in [5.74, 6) is 0.101. The largest absolute Gasteiger partial charge is 0.319 e. The fourth-order valence-corrected chi connectivity index (χ4v) is 3.03. The fourth-order valence-electron chi connectivity index (χ4n) is 2.83. The predicted octanol–water partition coefficient (Wildman–Crippen LogP) is 2.64. The molecule has 1 aliphatic rings. The SMILES string of the molecule is CCn1nc(C)c(Cl)c1CC(=O)C1(N)CCCCC1. The summed E-state index contributed by atoms with van der Waals surface area (Å²) in [7, 11) is 0. The van der Waals surface area contributed by atoms with Crippen LogP contribution in [-0.4, -0.2) is 21.1 Å². The average Bonchev–Trinajstić information content (AvgIpc) is 2.67. The number of hydrogen-bond acceptors (Lipinski definition) is 3. The second-order valence-corrected chi connectivity index (χ2v) is 5.86. The molecule has 1 aromatic heterocycles. The minimum Gasteiger partial charge on any atom is -0.319 e. The van der Waals surface area contributed by atoms with Crippen molar-refractivity contribution >= 4 is 17.4 Å². The number of ketones is 1. The van der Waals surface area contributed by atoms with E-state index < -0.39 is 5.54 Å². The number of carbonyl (C=O) groups is 1. The van der Waals surface area contributed by atoms with Gasteiger partial charge in [-0.2, -0.15) is 5.10 Å². The van der Waals surface area contributed by atoms with Gasteiger partial charge in [0.25, 0.3) is 0 Å². The van der Waals surface area contributed by atoms with Gasteiger partial charge in [0, 0.05) is 6.54 Å². The summed E-state index contributed by atoms with van der Waals surface area (Å²) in [6.45, 7) is 4.57. The minimum atomic E-state index is -0.654. The van der Waals surface area contributed by atoms with Gasteiger partial charge in [0.1, 0.15) is 0 Å². The van der Waals surface area contributed by atoms with E-state index in [1.807, 2.05) is 18.5 Å². The van der Waals surface area contributed by atoms with E-state index in [2.05, 4.69) is 5.10 Å². The molecule has 0 unspecified atom stereocenters. The highest BCUT2D eigenvalue weighted by atomic mass is 35.5. The number of nitrogens with zero attached hydrogens (tertiary/aromatic N) is 2. The molecule has 1 aromatic rings. The van der Waals surface area contributed by atoms with Gasteiger partial charge in [-0.05, 0) is 26.7 Å². The lowest BCUT2D eigenvalue weighted by Gasteiger charge is -2.31. The second kappa shape index (κ2) is 5.63. The molecule has 1 saturated carbocycles. The van der Waals surface area contributed by atoms with E-state index in [1.165, 1.54) is 6.42 Å². The van der Waals surface area contributed by atoms with Crippen molar-refractivity contribution in [2.75, 3.05) is 0 Å². The quantitative estimate of drug-likeness (QED) is 0.924. The van der Waals surface area contributed by atoms with Crippen LogP contribution in [0.4, 0.5) is 0 Å². The number of aromatic nitrogens is 2. The van der Waals surface area contributed by atoms with Crippen LogP contribution in [0.3, 0.4) is 0 Å². The van der Waals surface area contributed by atoms with Crippen molar-refractivity contribution in [3.05, 3.63) is 16.4 Å². The first-order valence-electron chi connectivity index (χ1n) is 7.02. The molecule has 1 fully saturated rings. The summed E-state index contributed by atoms with van der Waals surface area (Å²) in [5.41, 5.74) is 7.21. The summed E-state index contributed by atoms with van der Waals surface area (Å²) < 4.78 is 1.81. The Morgan fingerprint density at radius 3 is 2.63 bits per heavy atom. The van der Waals surface area contributed by atoms with E-state index in [-0.39, 0.29) is 5.78 Å². The maximum Gasteiger partial charge on any atom is 0.158 e. The molecule has 4 nitrogen and oxygen atoms in total. The first kappa shape index (κ1) is 14.5. The van der Waals surface area contributed by atoms with Crippen LogP contribution in [0.2, 0.25) is 5.02 Å². The first-order chi connectivity index (χ1) is 8.98. The molecule has 106 valence electrons. The molecule has 0 bridgehead atoms. The van der Waals surface area contributed by atoms with Crippen LogP contribution in [0.5, 0.6) is 0 Å². The number of nitrogens with two attached hydrogens (primary N) is 1. The molecule has 0 saturated heterocycles. The van der Waals surface area contributed by atoms with Gasteiger partial charge >= 0.3 is 0 Å². The lowest BCUT2D eigenvalue weighted by Crippen LogP contribution is -2.50. The molecule has 2 rings (SSSR count). The van der Waals surface area contributed by atoms with Crippen molar-refractivity contribution in [1.29, 1.82) is 0 Å². The Hall–Kier alpha value is -0.870. The first-order valence-corrected chi connectivity index (χ1v) is 7.39. The summed E-state index contributed by atoms with van der Waals surface area (Å²) >= 11 is 6.24. The third kappa shape index (κ3) is 2.84. The molecule has 0 aliphatic heterocycles. The minimum absolute atomic E-state index is 0.101. The molecule has 1 heterocycles. The van der Waals surface area contributed by atoms with Crippen LogP contribution in [0.25, 0.3) is 0 Å². The van der Waals surface area contributed by atoms with Crippen molar-refractivity contribution in [2.45, 2.75) is 64.5 Å². The van der Waals surface area contributed by atoms with E-state index in [1.54, 1.807) is 0 Å². The van der Waals surface area contributed by atoms with Crippen LogP contribution in [0.1, 0.15) is 50.4 Å². The normalized spacial score (nSPS) is 18.5. The Morgan fingerprint density at radius 1 is 1.42 bits per heavy atom. The number of carbonyl (C=O) groups excluding carboxylic acids is 1. The number of hydrogen-bond donors (Lipinski definition) is 1. The van der Waals surface area contributed by atoms with Gasteiger partial charge in [0.15, 0.2) is 5.78 Å². The monoisotopic (exact) mass is 283 g/mol. The van der Waals surface area contributed by atoms with Crippen molar-refractivity contribution in [2.24, 2.45) is 5.73 Å². The molecular weight excluding hydrogens is 262 g/mol. The van der Waals surface area contributed by atoms with Crippen molar-refractivity contribution in [3.63, 3.8) is 0 Å². The Balaban J connectivity index is 2.18. The molecule has 0 atom stereocenters. The summed E-state index contributed by atoms with van der Waals surface area (Å²) in [6, 6.07) is 0. The highest BCUT2D eigenvalue weighted by Gasteiger charge is 2.35. The zero-order valence-electron chi connectivity index (χ0n) is 11.7. The van der Waals surface area contributed by atoms with Gasteiger partial charge < -0.3 is 5.73 Å². The van der Waals surface area contributed by atoms with Crippen LogP contribution in [0.15, 0.2) is 0 Å². The van der Waals surface area contributed by atoms with Gasteiger partial charge in [-0.1, -0.05) is 30.9 Å². The lowest BCUT2D eigenvalue weighted by molar-refractivity contribution is -0.124. The van der Waals surface area contributed by atoms with Crippen LogP contribution < -0.4 is 5.73 Å². The Labute approximate surface area is 119 Å². The summed E-state index contributed by atoms with van der Waals surface area (Å²) in [4.78, 5) is 12.5. The van der Waals surface area contributed by atoms with E-state index in [9.17, 15) is 4.79 Å². The average molecular weight is 284 g/mol. The van der Waals surface area contributed by atoms with Crippen LogP contribution in [-0.2, 0) is 17.8 Å². The smallest absolute Gasteiger partial charge is 0.158 e. The maximum absolute atomic E-state index is 12.5. The van der Waals surface area contributed by atoms with E-state index in [0.29, 0.717) is 18.0 Å². The Bertz CT molecular complexity index is 475. The number of Topliss-reactive ketones (excluding diaryl/α,β-unsaturated/α-hetero) is 1. The molecule has 0 spiro atoms. The third-order valence-electron chi connectivity index (χ3n) is 4.08. The highest BCUT2D eigenvalue weighted by molar-refractivity contribution is 6.32. The third-order valence-corrected chi connectivity index (χ3v) is 4.57. The standard InChI is InChI=1S/C14H22ClN3O/c1-3-18-11(13(15)10(2)17-18)9-12(19)14(16)7-5-4-6-8-14/h3-9,16H2,1-2H3. The molecule has 5 heteroatoms. The maximum atomic E-state index is 12.5. The van der Waals surface area contributed by atoms with Gasteiger partial charge in [0.2, 0.25) is 0 Å². The van der Waals surface area contributed by atoms with Gasteiger partial charge in [-0.3, -0.25) is 9.48 Å². The summed E-state index contributed by atoms with van der Waals surface area (Å²) in [6.07, 6.45) is 5.15. The molecule has 1 aliphatic carbocycles. The topological polar surface area (TPSA) is 60.9 Å². The molecule has 0 amide bonds. The van der Waals surface area contributed by atoms with Crippen molar-refractivity contribution in [3.8, 4) is 0 Å². The van der Waals surface area contributed by atoms with Crippen LogP contribution in [0, 0.1) is 6.92 Å². The van der Waals surface area contributed by atoms with Crippen molar-refractivity contribution in [1.82, 2.24) is 9.78 Å². The van der Waals surface area contributed by atoms with E-state index in [0.717, 1.165) is 37.1 Å². The molecule has 2 N–H and O–H groups in total. The molecule has 19 heavy (non-hydrogen) atoms.